The highest BCUT2D eigenvalue weighted by Gasteiger charge is 2.26. The van der Waals surface area contributed by atoms with E-state index < -0.39 is 0 Å². The zero-order chi connectivity index (χ0) is 19.8. The number of hydrogen-bond acceptors (Lipinski definition) is 7. The molecule has 1 amide bonds. The van der Waals surface area contributed by atoms with E-state index in [0.717, 1.165) is 11.3 Å². The highest BCUT2D eigenvalue weighted by atomic mass is 16.4. The molecule has 146 valence electrons. The van der Waals surface area contributed by atoms with Gasteiger partial charge in [0, 0.05) is 37.4 Å². The van der Waals surface area contributed by atoms with Gasteiger partial charge < -0.3 is 18.6 Å². The zero-order valence-corrected chi connectivity index (χ0v) is 15.9. The van der Waals surface area contributed by atoms with Crippen LogP contribution in [0.15, 0.2) is 57.6 Å². The molecule has 3 aromatic heterocycles. The summed E-state index contributed by atoms with van der Waals surface area (Å²) in [6.45, 7) is 4.28. The predicted molar refractivity (Wildman–Crippen MR) is 107 cm³/mol. The van der Waals surface area contributed by atoms with E-state index in [9.17, 15) is 4.79 Å². The van der Waals surface area contributed by atoms with E-state index >= 15 is 0 Å². The van der Waals surface area contributed by atoms with Gasteiger partial charge in [-0.25, -0.2) is 9.97 Å². The summed E-state index contributed by atoms with van der Waals surface area (Å²) in [4.78, 5) is 29.8. The molecule has 29 heavy (non-hydrogen) atoms. The first-order valence-electron chi connectivity index (χ1n) is 9.47. The molecule has 1 aliphatic rings. The fourth-order valence-electron chi connectivity index (χ4n) is 3.39. The number of nitrogens with zero attached hydrogens (tertiary/aromatic N) is 5. The first-order valence-corrected chi connectivity index (χ1v) is 9.47. The molecule has 0 saturated carbocycles. The third kappa shape index (κ3) is 3.33. The molecule has 0 unspecified atom stereocenters. The molecular formula is C21H19N5O3. The van der Waals surface area contributed by atoms with E-state index in [2.05, 4.69) is 15.0 Å². The Morgan fingerprint density at radius 1 is 0.966 bits per heavy atom. The number of piperazine rings is 1. The number of oxazole rings is 2. The van der Waals surface area contributed by atoms with Crippen LogP contribution in [0, 0.1) is 6.92 Å². The lowest BCUT2D eigenvalue weighted by molar-refractivity contribution is 0.0739. The first-order chi connectivity index (χ1) is 14.2. The number of benzene rings is 1. The van der Waals surface area contributed by atoms with Gasteiger partial charge in [0.2, 0.25) is 11.5 Å². The van der Waals surface area contributed by atoms with Gasteiger partial charge in [-0.2, -0.15) is 4.98 Å². The van der Waals surface area contributed by atoms with E-state index in [1.54, 1.807) is 4.90 Å². The van der Waals surface area contributed by atoms with Gasteiger partial charge in [0.05, 0.1) is 0 Å². The van der Waals surface area contributed by atoms with Gasteiger partial charge in [0.25, 0.3) is 11.9 Å². The molecule has 5 rings (SSSR count). The van der Waals surface area contributed by atoms with Crippen LogP contribution in [0.5, 0.6) is 0 Å². The third-order valence-electron chi connectivity index (χ3n) is 4.96. The number of carbonyl (C=O) groups excluding carboxylic acids is 1. The number of aromatic nitrogens is 3. The number of pyridine rings is 1. The quantitative estimate of drug-likeness (QED) is 0.532. The molecule has 1 saturated heterocycles. The lowest BCUT2D eigenvalue weighted by Crippen LogP contribution is -2.49. The topological polar surface area (TPSA) is 88.5 Å². The predicted octanol–water partition coefficient (Wildman–Crippen LogP) is 3.15. The Morgan fingerprint density at radius 2 is 1.76 bits per heavy atom. The lowest BCUT2D eigenvalue weighted by atomic mass is 10.2. The zero-order valence-electron chi connectivity index (χ0n) is 15.9. The molecule has 1 aliphatic heterocycles. The van der Waals surface area contributed by atoms with E-state index in [0.29, 0.717) is 55.0 Å². The molecule has 4 heterocycles. The van der Waals surface area contributed by atoms with E-state index in [1.807, 2.05) is 54.3 Å². The lowest BCUT2D eigenvalue weighted by Gasteiger charge is -2.33. The number of fused-ring (bicyclic) bond motifs is 1. The van der Waals surface area contributed by atoms with Crippen LogP contribution < -0.4 is 4.90 Å². The van der Waals surface area contributed by atoms with Crippen LogP contribution in [0.1, 0.15) is 16.2 Å². The van der Waals surface area contributed by atoms with Crippen molar-refractivity contribution in [2.75, 3.05) is 31.1 Å². The second-order valence-electron chi connectivity index (χ2n) is 6.95. The van der Waals surface area contributed by atoms with Gasteiger partial charge in [-0.15, -0.1) is 0 Å². The number of anilines is 1. The summed E-state index contributed by atoms with van der Waals surface area (Å²) in [5.41, 5.74) is 3.33. The standard InChI is InChI=1S/C21H19N5O3/c1-14-7-8-17-18(22-14)24-21(29-17)26-11-9-25(10-12-26)20(27)16-13-28-19(23-16)15-5-3-2-4-6-15/h2-8,13H,9-12H2,1H3. The minimum absolute atomic E-state index is 0.134. The molecule has 0 atom stereocenters. The smallest absolute Gasteiger partial charge is 0.300 e. The molecule has 0 aliphatic carbocycles. The summed E-state index contributed by atoms with van der Waals surface area (Å²) >= 11 is 0. The Hall–Kier alpha value is -3.68. The number of amides is 1. The molecule has 8 heteroatoms. The van der Waals surface area contributed by atoms with Crippen molar-refractivity contribution in [1.29, 1.82) is 0 Å². The number of carbonyl (C=O) groups is 1. The van der Waals surface area contributed by atoms with Crippen LogP contribution in [0.2, 0.25) is 0 Å². The maximum Gasteiger partial charge on any atom is 0.300 e. The van der Waals surface area contributed by atoms with Crippen LogP contribution in [0.3, 0.4) is 0 Å². The summed E-state index contributed by atoms with van der Waals surface area (Å²) < 4.78 is 11.3. The van der Waals surface area contributed by atoms with Crippen molar-refractivity contribution in [3.05, 3.63) is 60.1 Å². The van der Waals surface area contributed by atoms with Crippen LogP contribution >= 0.6 is 0 Å². The van der Waals surface area contributed by atoms with Crippen molar-refractivity contribution in [2.45, 2.75) is 6.92 Å². The highest BCUT2D eigenvalue weighted by Crippen LogP contribution is 2.23. The second-order valence-corrected chi connectivity index (χ2v) is 6.95. The molecular weight excluding hydrogens is 370 g/mol. The fraction of sp³-hybridized carbons (Fsp3) is 0.238. The van der Waals surface area contributed by atoms with Crippen LogP contribution in [-0.4, -0.2) is 51.9 Å². The summed E-state index contributed by atoms with van der Waals surface area (Å²) in [5, 5.41) is 0. The Balaban J connectivity index is 1.26. The molecule has 0 radical (unpaired) electrons. The van der Waals surface area contributed by atoms with Gasteiger partial charge in [-0.05, 0) is 31.2 Å². The number of rotatable bonds is 3. The van der Waals surface area contributed by atoms with Crippen molar-refractivity contribution < 1.29 is 13.6 Å². The Kier molecular flexibility index (Phi) is 4.23. The molecule has 0 bridgehead atoms. The average molecular weight is 389 g/mol. The minimum atomic E-state index is -0.134. The number of hydrogen-bond donors (Lipinski definition) is 0. The Labute approximate surface area is 166 Å². The van der Waals surface area contributed by atoms with Gasteiger partial charge >= 0.3 is 0 Å². The molecule has 8 nitrogen and oxygen atoms in total. The first kappa shape index (κ1) is 17.4. The van der Waals surface area contributed by atoms with Crippen molar-refractivity contribution in [3.63, 3.8) is 0 Å². The fourth-order valence-corrected chi connectivity index (χ4v) is 3.39. The van der Waals surface area contributed by atoms with Crippen molar-refractivity contribution in [2.24, 2.45) is 0 Å². The highest BCUT2D eigenvalue weighted by molar-refractivity contribution is 5.92. The molecule has 0 N–H and O–H groups in total. The Bertz CT molecular complexity index is 1160. The molecule has 1 fully saturated rings. The second kappa shape index (κ2) is 7.05. The summed E-state index contributed by atoms with van der Waals surface area (Å²) in [7, 11) is 0. The largest absolute Gasteiger partial charge is 0.444 e. The van der Waals surface area contributed by atoms with Crippen molar-refractivity contribution in [3.8, 4) is 11.5 Å². The summed E-state index contributed by atoms with van der Waals surface area (Å²) in [6.07, 6.45) is 1.42. The SMILES string of the molecule is Cc1ccc2oc(N3CCN(C(=O)c4coc(-c5ccccc5)n4)CC3)nc2n1. The van der Waals surface area contributed by atoms with Crippen molar-refractivity contribution >= 4 is 23.2 Å². The van der Waals surface area contributed by atoms with Crippen LogP contribution in [0.4, 0.5) is 6.01 Å². The van der Waals surface area contributed by atoms with Gasteiger partial charge in [0.15, 0.2) is 11.3 Å². The maximum atomic E-state index is 12.8. The monoisotopic (exact) mass is 389 g/mol. The third-order valence-corrected chi connectivity index (χ3v) is 4.96. The van der Waals surface area contributed by atoms with Gasteiger partial charge in [-0.3, -0.25) is 4.79 Å². The van der Waals surface area contributed by atoms with Crippen LogP contribution in [-0.2, 0) is 0 Å². The normalized spacial score (nSPS) is 14.5. The van der Waals surface area contributed by atoms with Gasteiger partial charge in [0.1, 0.15) is 6.26 Å². The Morgan fingerprint density at radius 3 is 2.55 bits per heavy atom. The molecule has 4 aromatic rings. The minimum Gasteiger partial charge on any atom is -0.444 e. The van der Waals surface area contributed by atoms with Gasteiger partial charge in [-0.1, -0.05) is 18.2 Å². The van der Waals surface area contributed by atoms with Crippen LogP contribution in [0.25, 0.3) is 22.7 Å². The average Bonchev–Trinajstić information content (AvgIpc) is 3.41. The van der Waals surface area contributed by atoms with E-state index in [1.165, 1.54) is 6.26 Å². The number of aryl methyl sites for hydroxylation is 1. The van der Waals surface area contributed by atoms with Crippen molar-refractivity contribution in [1.82, 2.24) is 19.9 Å². The summed E-state index contributed by atoms with van der Waals surface area (Å²) in [6, 6.07) is 13.8. The maximum absolute atomic E-state index is 12.8. The van der Waals surface area contributed by atoms with E-state index in [4.69, 9.17) is 8.83 Å². The summed E-state index contributed by atoms with van der Waals surface area (Å²) in [5.74, 6) is 0.312. The molecule has 0 spiro atoms. The molecule has 1 aromatic carbocycles. The van der Waals surface area contributed by atoms with E-state index in [-0.39, 0.29) is 5.91 Å².